The maximum Gasteiger partial charge on any atom is 0.181 e. The average Bonchev–Trinajstić information content (AvgIpc) is 2.91. The molecule has 0 saturated heterocycles. The predicted octanol–water partition coefficient (Wildman–Crippen LogP) is 4.75. The first-order chi connectivity index (χ1) is 17.4. The third-order valence-electron chi connectivity index (χ3n) is 6.02. The van der Waals surface area contributed by atoms with Crippen molar-refractivity contribution in [3.05, 3.63) is 70.7 Å². The van der Waals surface area contributed by atoms with Gasteiger partial charge >= 0.3 is 0 Å². The van der Waals surface area contributed by atoms with E-state index in [1.54, 1.807) is 43.3 Å². The summed E-state index contributed by atoms with van der Waals surface area (Å²) in [5.74, 6) is 0.622. The fourth-order valence-corrected chi connectivity index (χ4v) is 4.12. The van der Waals surface area contributed by atoms with Crippen LogP contribution in [0.15, 0.2) is 42.5 Å². The molecule has 1 aliphatic heterocycles. The molecule has 0 atom stereocenters. The average molecular weight is 494 g/mol. The number of pyridine rings is 1. The number of aliphatic hydroxyl groups is 1. The van der Waals surface area contributed by atoms with Crippen molar-refractivity contribution in [1.82, 2.24) is 4.98 Å². The molecule has 0 fully saturated rings. The van der Waals surface area contributed by atoms with E-state index in [2.05, 4.69) is 4.98 Å². The summed E-state index contributed by atoms with van der Waals surface area (Å²) in [6.07, 6.45) is 1.55. The van der Waals surface area contributed by atoms with E-state index in [-0.39, 0.29) is 49.1 Å². The van der Waals surface area contributed by atoms with Gasteiger partial charge in [-0.05, 0) is 73.4 Å². The highest BCUT2D eigenvalue weighted by Gasteiger charge is 2.22. The number of fused-ring (bicyclic) bond motifs is 1. The van der Waals surface area contributed by atoms with Gasteiger partial charge in [0.05, 0.1) is 20.3 Å². The van der Waals surface area contributed by atoms with Crippen LogP contribution in [0.4, 0.5) is 4.39 Å². The molecule has 36 heavy (non-hydrogen) atoms. The number of benzene rings is 2. The number of aliphatic hydroxyl groups excluding tert-OH is 1. The first-order valence-corrected chi connectivity index (χ1v) is 11.8. The molecule has 8 heteroatoms. The van der Waals surface area contributed by atoms with Crippen LogP contribution in [0.25, 0.3) is 11.3 Å². The lowest BCUT2D eigenvalue weighted by Gasteiger charge is -2.21. The maximum atomic E-state index is 13.8. The molecule has 1 aliphatic rings. The number of aryl methyl sites for hydroxylation is 2. The van der Waals surface area contributed by atoms with Gasteiger partial charge in [-0.25, -0.2) is 9.37 Å². The summed E-state index contributed by atoms with van der Waals surface area (Å²) in [5.41, 5.74) is 3.19. The molecule has 4 rings (SSSR count). The normalized spacial score (nSPS) is 12.4. The van der Waals surface area contributed by atoms with Crippen LogP contribution in [-0.4, -0.2) is 48.6 Å². The number of hydrogen-bond donors (Lipinski definition) is 1. The van der Waals surface area contributed by atoms with Crippen LogP contribution in [0.2, 0.25) is 0 Å². The Bertz CT molecular complexity index is 1290. The number of ketones is 2. The molecular weight excluding hydrogens is 465 g/mol. The first kappa shape index (κ1) is 25.3. The molecule has 0 bridgehead atoms. The Morgan fingerprint density at radius 2 is 1.89 bits per heavy atom. The second kappa shape index (κ2) is 11.3. The minimum atomic E-state index is -0.316. The van der Waals surface area contributed by atoms with Crippen LogP contribution < -0.4 is 14.2 Å². The number of hydrogen-bond acceptors (Lipinski definition) is 7. The Morgan fingerprint density at radius 1 is 1.08 bits per heavy atom. The zero-order chi connectivity index (χ0) is 25.7. The van der Waals surface area contributed by atoms with Gasteiger partial charge in [-0.1, -0.05) is 0 Å². The number of Topliss-reactive ketones (excluding diaryl/α,β-unsaturated/α-hetero) is 2. The van der Waals surface area contributed by atoms with Crippen molar-refractivity contribution >= 4 is 11.6 Å². The van der Waals surface area contributed by atoms with Crippen molar-refractivity contribution in [3.8, 4) is 28.5 Å². The lowest BCUT2D eigenvalue weighted by molar-refractivity contribution is 0.0914. The van der Waals surface area contributed by atoms with Crippen molar-refractivity contribution in [3.63, 3.8) is 0 Å². The van der Waals surface area contributed by atoms with Crippen molar-refractivity contribution in [2.45, 2.75) is 32.6 Å². The van der Waals surface area contributed by atoms with Crippen LogP contribution in [0.5, 0.6) is 17.2 Å². The van der Waals surface area contributed by atoms with Gasteiger partial charge in [0.15, 0.2) is 23.1 Å². The third kappa shape index (κ3) is 5.54. The summed E-state index contributed by atoms with van der Waals surface area (Å²) in [7, 11) is 1.46. The van der Waals surface area contributed by atoms with E-state index in [0.29, 0.717) is 46.2 Å². The Hall–Kier alpha value is -3.78. The van der Waals surface area contributed by atoms with E-state index in [1.807, 2.05) is 0 Å². The molecular formula is C28H28FNO6. The summed E-state index contributed by atoms with van der Waals surface area (Å²) in [6, 6.07) is 11.2. The third-order valence-corrected chi connectivity index (χ3v) is 6.02. The number of rotatable bonds is 10. The summed E-state index contributed by atoms with van der Waals surface area (Å²) >= 11 is 0. The van der Waals surface area contributed by atoms with Gasteiger partial charge in [0.2, 0.25) is 0 Å². The highest BCUT2D eigenvalue weighted by atomic mass is 19.1. The van der Waals surface area contributed by atoms with Crippen molar-refractivity contribution in [1.29, 1.82) is 0 Å². The quantitative estimate of drug-likeness (QED) is 0.408. The van der Waals surface area contributed by atoms with Gasteiger partial charge in [-0.15, -0.1) is 0 Å². The van der Waals surface area contributed by atoms with Crippen LogP contribution in [0, 0.1) is 12.7 Å². The SMILES string of the molecule is COc1cc(C(=O)CCC(=O)c2cc3c(c(-c4ccc(F)c(C)c4)n2)OCCC3)ccc1OCCO. The van der Waals surface area contributed by atoms with Crippen LogP contribution in [0.1, 0.15) is 51.2 Å². The Morgan fingerprint density at radius 3 is 2.64 bits per heavy atom. The molecule has 0 amide bonds. The Balaban J connectivity index is 1.53. The van der Waals surface area contributed by atoms with Gasteiger partial charge in [0.1, 0.15) is 29.6 Å². The monoisotopic (exact) mass is 493 g/mol. The van der Waals surface area contributed by atoms with Gasteiger partial charge < -0.3 is 19.3 Å². The molecule has 188 valence electrons. The fourth-order valence-electron chi connectivity index (χ4n) is 4.12. The lowest BCUT2D eigenvalue weighted by atomic mass is 9.98. The molecule has 1 N–H and O–H groups in total. The standard InChI is InChI=1S/C28H28FNO6/c1-17-14-19(5-7-21(17)29)27-28-20(4-3-12-36-28)15-22(30-27)24(33)9-8-23(32)18-6-10-25(35-13-11-31)26(16-18)34-2/h5-7,10,14-16,31H,3-4,8-9,11-13H2,1-2H3. The number of aromatic nitrogens is 1. The zero-order valence-electron chi connectivity index (χ0n) is 20.3. The summed E-state index contributed by atoms with van der Waals surface area (Å²) in [5, 5.41) is 8.94. The molecule has 0 unspecified atom stereocenters. The smallest absolute Gasteiger partial charge is 0.181 e. The minimum absolute atomic E-state index is 0.000907. The molecule has 0 radical (unpaired) electrons. The van der Waals surface area contributed by atoms with Gasteiger partial charge in [0.25, 0.3) is 0 Å². The first-order valence-electron chi connectivity index (χ1n) is 11.8. The largest absolute Gasteiger partial charge is 0.493 e. The van der Waals surface area contributed by atoms with E-state index >= 15 is 0 Å². The molecule has 3 aromatic rings. The second-order valence-corrected chi connectivity index (χ2v) is 8.54. The molecule has 2 heterocycles. The van der Waals surface area contributed by atoms with Gasteiger partial charge in [0, 0.05) is 24.0 Å². The van der Waals surface area contributed by atoms with E-state index in [0.717, 1.165) is 18.4 Å². The number of carbonyl (C=O) groups is 2. The second-order valence-electron chi connectivity index (χ2n) is 8.54. The molecule has 7 nitrogen and oxygen atoms in total. The van der Waals surface area contributed by atoms with Crippen molar-refractivity contribution < 1.29 is 33.3 Å². The number of ether oxygens (including phenoxy) is 3. The Kier molecular flexibility index (Phi) is 7.95. The van der Waals surface area contributed by atoms with Crippen LogP contribution >= 0.6 is 0 Å². The fraction of sp³-hybridized carbons (Fsp3) is 0.321. The number of carbonyl (C=O) groups excluding carboxylic acids is 2. The van der Waals surface area contributed by atoms with Gasteiger partial charge in [-0.3, -0.25) is 9.59 Å². The predicted molar refractivity (Wildman–Crippen MR) is 132 cm³/mol. The van der Waals surface area contributed by atoms with Crippen LogP contribution in [0.3, 0.4) is 0 Å². The van der Waals surface area contributed by atoms with E-state index in [4.69, 9.17) is 19.3 Å². The lowest BCUT2D eigenvalue weighted by Crippen LogP contribution is -2.14. The highest BCUT2D eigenvalue weighted by molar-refractivity contribution is 6.02. The minimum Gasteiger partial charge on any atom is -0.493 e. The van der Waals surface area contributed by atoms with E-state index < -0.39 is 0 Å². The van der Waals surface area contributed by atoms with E-state index in [1.165, 1.54) is 13.2 Å². The summed E-state index contributed by atoms with van der Waals surface area (Å²) in [4.78, 5) is 30.5. The number of nitrogens with zero attached hydrogens (tertiary/aromatic N) is 1. The van der Waals surface area contributed by atoms with E-state index in [9.17, 15) is 14.0 Å². The van der Waals surface area contributed by atoms with Crippen molar-refractivity contribution in [2.75, 3.05) is 26.9 Å². The number of halogens is 1. The molecule has 1 aromatic heterocycles. The summed E-state index contributed by atoms with van der Waals surface area (Å²) < 4.78 is 30.4. The maximum absolute atomic E-state index is 13.8. The Labute approximate surface area is 208 Å². The van der Waals surface area contributed by atoms with Crippen molar-refractivity contribution in [2.24, 2.45) is 0 Å². The van der Waals surface area contributed by atoms with Crippen LogP contribution in [-0.2, 0) is 6.42 Å². The van der Waals surface area contributed by atoms with Gasteiger partial charge in [-0.2, -0.15) is 0 Å². The summed E-state index contributed by atoms with van der Waals surface area (Å²) in [6.45, 7) is 2.19. The zero-order valence-corrected chi connectivity index (χ0v) is 20.3. The molecule has 0 saturated carbocycles. The number of methoxy groups -OCH3 is 1. The molecule has 0 spiro atoms. The highest BCUT2D eigenvalue weighted by Crippen LogP contribution is 2.36. The molecule has 0 aliphatic carbocycles. The topological polar surface area (TPSA) is 95.0 Å². The molecule has 2 aromatic carbocycles.